The minimum absolute atomic E-state index is 0.512. The molecule has 0 bridgehead atoms. The molecule has 2 rings (SSSR count). The van der Waals surface area contributed by atoms with Crippen molar-refractivity contribution in [2.75, 3.05) is 5.75 Å². The third kappa shape index (κ3) is 2.34. The Labute approximate surface area is 112 Å². The molecule has 1 aromatic carbocycles. The van der Waals surface area contributed by atoms with E-state index in [0.717, 1.165) is 24.3 Å². The molecule has 1 heterocycles. The van der Waals surface area contributed by atoms with Crippen LogP contribution in [0, 0.1) is 21.7 Å². The summed E-state index contributed by atoms with van der Waals surface area (Å²) < 4.78 is 26.7. The SMILES string of the molecule is CC1(C(=O)c2c(F)ccc([N+](=O)[O-])c2F)CCCS1. The van der Waals surface area contributed by atoms with E-state index in [0.29, 0.717) is 6.42 Å². The van der Waals surface area contributed by atoms with Crippen LogP contribution in [0.15, 0.2) is 12.1 Å². The first-order chi connectivity index (χ1) is 8.87. The van der Waals surface area contributed by atoms with E-state index in [-0.39, 0.29) is 0 Å². The monoisotopic (exact) mass is 287 g/mol. The number of Topliss-reactive ketones (excluding diaryl/α,β-unsaturated/α-hetero) is 1. The Morgan fingerprint density at radius 2 is 2.16 bits per heavy atom. The normalized spacial score (nSPS) is 22.5. The number of rotatable bonds is 3. The van der Waals surface area contributed by atoms with Crippen LogP contribution in [0.3, 0.4) is 0 Å². The van der Waals surface area contributed by atoms with Crippen molar-refractivity contribution < 1.29 is 18.5 Å². The summed E-state index contributed by atoms with van der Waals surface area (Å²) in [7, 11) is 0. The molecular formula is C12H11F2NO3S. The zero-order chi connectivity index (χ0) is 14.2. The minimum atomic E-state index is -1.39. The third-order valence-corrected chi connectivity index (χ3v) is 4.71. The lowest BCUT2D eigenvalue weighted by atomic mass is 9.93. The van der Waals surface area contributed by atoms with Gasteiger partial charge in [-0.05, 0) is 31.6 Å². The molecule has 1 unspecified atom stereocenters. The molecule has 0 aromatic heterocycles. The van der Waals surface area contributed by atoms with E-state index >= 15 is 0 Å². The molecule has 0 N–H and O–H groups in total. The average Bonchev–Trinajstić information content (AvgIpc) is 2.77. The predicted octanol–water partition coefficient (Wildman–Crippen LogP) is 3.34. The van der Waals surface area contributed by atoms with Gasteiger partial charge in [-0.25, -0.2) is 4.39 Å². The second-order valence-corrected chi connectivity index (χ2v) is 6.12. The molecule has 0 radical (unpaired) electrons. The number of halogens is 2. The average molecular weight is 287 g/mol. The van der Waals surface area contributed by atoms with Gasteiger partial charge in [0.2, 0.25) is 5.82 Å². The molecular weight excluding hydrogens is 276 g/mol. The van der Waals surface area contributed by atoms with Crippen LogP contribution in [0.2, 0.25) is 0 Å². The molecule has 1 fully saturated rings. The van der Waals surface area contributed by atoms with Crippen molar-refractivity contribution in [3.63, 3.8) is 0 Å². The van der Waals surface area contributed by atoms with E-state index in [9.17, 15) is 23.7 Å². The molecule has 1 saturated heterocycles. The van der Waals surface area contributed by atoms with Gasteiger partial charge in [0.25, 0.3) is 0 Å². The molecule has 0 spiro atoms. The van der Waals surface area contributed by atoms with Gasteiger partial charge in [-0.3, -0.25) is 14.9 Å². The molecule has 0 aliphatic carbocycles. The Morgan fingerprint density at radius 1 is 1.47 bits per heavy atom. The van der Waals surface area contributed by atoms with E-state index < -0.39 is 38.3 Å². The van der Waals surface area contributed by atoms with Crippen molar-refractivity contribution in [2.24, 2.45) is 0 Å². The number of thioether (sulfide) groups is 1. The van der Waals surface area contributed by atoms with Gasteiger partial charge in [-0.1, -0.05) is 0 Å². The van der Waals surface area contributed by atoms with Gasteiger partial charge >= 0.3 is 5.69 Å². The zero-order valence-corrected chi connectivity index (χ0v) is 10.9. The number of nitro benzene ring substituents is 1. The fraction of sp³-hybridized carbons (Fsp3) is 0.417. The van der Waals surface area contributed by atoms with E-state index in [1.165, 1.54) is 11.8 Å². The van der Waals surface area contributed by atoms with Crippen LogP contribution in [0.25, 0.3) is 0 Å². The van der Waals surface area contributed by atoms with E-state index in [2.05, 4.69) is 0 Å². The van der Waals surface area contributed by atoms with Crippen molar-refractivity contribution in [1.29, 1.82) is 0 Å². The quantitative estimate of drug-likeness (QED) is 0.486. The fourth-order valence-electron chi connectivity index (χ4n) is 2.11. The smallest absolute Gasteiger partial charge is 0.292 e. The van der Waals surface area contributed by atoms with Crippen LogP contribution < -0.4 is 0 Å². The number of benzene rings is 1. The van der Waals surface area contributed by atoms with Crippen LogP contribution in [0.5, 0.6) is 0 Å². The highest BCUT2D eigenvalue weighted by atomic mass is 32.2. The van der Waals surface area contributed by atoms with Gasteiger partial charge < -0.3 is 0 Å². The first kappa shape index (κ1) is 13.9. The molecule has 1 aliphatic rings. The molecule has 1 aromatic rings. The summed E-state index contributed by atoms with van der Waals surface area (Å²) in [6.45, 7) is 1.62. The number of nitro groups is 1. The highest BCUT2D eigenvalue weighted by molar-refractivity contribution is 8.01. The first-order valence-electron chi connectivity index (χ1n) is 5.68. The summed E-state index contributed by atoms with van der Waals surface area (Å²) in [6.07, 6.45) is 1.29. The lowest BCUT2D eigenvalue weighted by Crippen LogP contribution is -2.30. The standard InChI is InChI=1S/C12H11F2NO3S/c1-12(5-2-6-19-12)11(16)9-7(13)3-4-8(10(9)14)15(17)18/h3-4H,2,5-6H2,1H3. The summed E-state index contributed by atoms with van der Waals surface area (Å²) in [5, 5.41) is 10.6. The van der Waals surface area contributed by atoms with Crippen LogP contribution >= 0.6 is 11.8 Å². The molecule has 1 aliphatic heterocycles. The first-order valence-corrected chi connectivity index (χ1v) is 6.66. The number of hydrogen-bond acceptors (Lipinski definition) is 4. The van der Waals surface area contributed by atoms with Gasteiger partial charge in [-0.2, -0.15) is 4.39 Å². The number of hydrogen-bond donors (Lipinski definition) is 0. The second kappa shape index (κ2) is 4.88. The number of carbonyl (C=O) groups excluding carboxylic acids is 1. The zero-order valence-electron chi connectivity index (χ0n) is 10.1. The Kier molecular flexibility index (Phi) is 3.58. The largest absolute Gasteiger partial charge is 0.305 e. The molecule has 0 saturated carbocycles. The maximum atomic E-state index is 13.9. The number of ketones is 1. The van der Waals surface area contributed by atoms with Crippen molar-refractivity contribution >= 4 is 23.2 Å². The molecule has 1 atom stereocenters. The summed E-state index contributed by atoms with van der Waals surface area (Å²) in [5.74, 6) is -2.42. The van der Waals surface area contributed by atoms with Gasteiger partial charge in [0.05, 0.1) is 15.2 Å². The van der Waals surface area contributed by atoms with Crippen molar-refractivity contribution in [1.82, 2.24) is 0 Å². The van der Waals surface area contributed by atoms with Gasteiger partial charge in [0.1, 0.15) is 5.82 Å². The fourth-order valence-corrected chi connectivity index (χ4v) is 3.37. The lowest BCUT2D eigenvalue weighted by Gasteiger charge is -2.21. The van der Waals surface area contributed by atoms with E-state index in [1.807, 2.05) is 0 Å². The van der Waals surface area contributed by atoms with Gasteiger partial charge in [0.15, 0.2) is 5.78 Å². The molecule has 4 nitrogen and oxygen atoms in total. The Bertz CT molecular complexity index is 556. The molecule has 102 valence electrons. The van der Waals surface area contributed by atoms with Crippen LogP contribution in [-0.4, -0.2) is 21.2 Å². The Morgan fingerprint density at radius 3 is 2.68 bits per heavy atom. The maximum Gasteiger partial charge on any atom is 0.305 e. The number of carbonyl (C=O) groups is 1. The molecule has 7 heteroatoms. The van der Waals surface area contributed by atoms with Gasteiger partial charge in [-0.15, -0.1) is 11.8 Å². The van der Waals surface area contributed by atoms with Crippen LogP contribution in [0.4, 0.5) is 14.5 Å². The number of nitrogens with zero attached hydrogens (tertiary/aromatic N) is 1. The van der Waals surface area contributed by atoms with E-state index in [4.69, 9.17) is 0 Å². The van der Waals surface area contributed by atoms with Crippen LogP contribution in [0.1, 0.15) is 30.1 Å². The second-order valence-electron chi connectivity index (χ2n) is 4.52. The van der Waals surface area contributed by atoms with Crippen molar-refractivity contribution in [2.45, 2.75) is 24.5 Å². The van der Waals surface area contributed by atoms with Crippen LogP contribution in [-0.2, 0) is 0 Å². The maximum absolute atomic E-state index is 13.9. The van der Waals surface area contributed by atoms with E-state index in [1.54, 1.807) is 6.92 Å². The summed E-state index contributed by atoms with van der Waals surface area (Å²) in [5.41, 5.74) is -1.68. The highest BCUT2D eigenvalue weighted by Gasteiger charge is 2.41. The van der Waals surface area contributed by atoms with Crippen molar-refractivity contribution in [3.8, 4) is 0 Å². The molecule has 19 heavy (non-hydrogen) atoms. The van der Waals surface area contributed by atoms with Gasteiger partial charge in [0, 0.05) is 6.07 Å². The third-order valence-electron chi connectivity index (χ3n) is 3.19. The summed E-state index contributed by atoms with van der Waals surface area (Å²) in [4.78, 5) is 21.9. The van der Waals surface area contributed by atoms with Crippen molar-refractivity contribution in [3.05, 3.63) is 39.4 Å². The summed E-state index contributed by atoms with van der Waals surface area (Å²) in [6, 6.07) is 1.49. The summed E-state index contributed by atoms with van der Waals surface area (Å²) >= 11 is 1.33. The lowest BCUT2D eigenvalue weighted by molar-refractivity contribution is -0.387. The Hall–Kier alpha value is -1.50. The molecule has 0 amide bonds. The predicted molar refractivity (Wildman–Crippen MR) is 67.4 cm³/mol. The minimum Gasteiger partial charge on any atom is -0.292 e. The highest BCUT2D eigenvalue weighted by Crippen LogP contribution is 2.41. The Balaban J connectivity index is 2.52. The topological polar surface area (TPSA) is 60.2 Å².